The van der Waals surface area contributed by atoms with Gasteiger partial charge in [0.1, 0.15) is 5.82 Å². The van der Waals surface area contributed by atoms with Crippen molar-refractivity contribution >= 4 is 34.7 Å². The molecular formula is C22H28N4O3S. The van der Waals surface area contributed by atoms with Crippen molar-refractivity contribution in [3.63, 3.8) is 0 Å². The van der Waals surface area contributed by atoms with Gasteiger partial charge < -0.3 is 20.3 Å². The molecule has 0 radical (unpaired) electrons. The number of aryl methyl sites for hydroxylation is 1. The smallest absolute Gasteiger partial charge is 0.266 e. The Balaban J connectivity index is 1.25. The maximum Gasteiger partial charge on any atom is 0.266 e. The minimum absolute atomic E-state index is 0.0512. The fourth-order valence-corrected chi connectivity index (χ4v) is 4.80. The molecule has 2 N–H and O–H groups in total. The molecular weight excluding hydrogens is 400 g/mol. The SMILES string of the molecule is Cc1ccsc1C(=O)Nc1ccc(N2CCC(C(=O)NCC3CCCO3)CC2)nc1. The van der Waals surface area contributed by atoms with Gasteiger partial charge in [-0.15, -0.1) is 11.3 Å². The summed E-state index contributed by atoms with van der Waals surface area (Å²) in [5.74, 6) is 0.959. The maximum atomic E-state index is 12.4. The molecule has 160 valence electrons. The Morgan fingerprint density at radius 2 is 2.07 bits per heavy atom. The third-order valence-corrected chi connectivity index (χ3v) is 6.81. The Kier molecular flexibility index (Phi) is 6.64. The molecule has 4 heterocycles. The zero-order valence-electron chi connectivity index (χ0n) is 17.2. The van der Waals surface area contributed by atoms with Crippen LogP contribution >= 0.6 is 11.3 Å². The van der Waals surface area contributed by atoms with Crippen molar-refractivity contribution in [2.75, 3.05) is 36.5 Å². The monoisotopic (exact) mass is 428 g/mol. The Labute approximate surface area is 180 Å². The van der Waals surface area contributed by atoms with Crippen LogP contribution < -0.4 is 15.5 Å². The predicted octanol–water partition coefficient (Wildman–Crippen LogP) is 3.22. The minimum Gasteiger partial charge on any atom is -0.376 e. The highest BCUT2D eigenvalue weighted by atomic mass is 32.1. The van der Waals surface area contributed by atoms with Gasteiger partial charge in [0.25, 0.3) is 5.91 Å². The highest BCUT2D eigenvalue weighted by Crippen LogP contribution is 2.24. The van der Waals surface area contributed by atoms with Crippen LogP contribution in [0.4, 0.5) is 11.5 Å². The van der Waals surface area contributed by atoms with E-state index in [4.69, 9.17) is 4.74 Å². The Morgan fingerprint density at radius 3 is 2.70 bits per heavy atom. The highest BCUT2D eigenvalue weighted by molar-refractivity contribution is 7.12. The second-order valence-electron chi connectivity index (χ2n) is 7.93. The number of aromatic nitrogens is 1. The largest absolute Gasteiger partial charge is 0.376 e. The molecule has 0 spiro atoms. The van der Waals surface area contributed by atoms with Crippen LogP contribution in [0.15, 0.2) is 29.8 Å². The van der Waals surface area contributed by atoms with Gasteiger partial charge in [0.2, 0.25) is 5.91 Å². The number of nitrogens with one attached hydrogen (secondary N) is 2. The van der Waals surface area contributed by atoms with E-state index in [1.807, 2.05) is 30.5 Å². The summed E-state index contributed by atoms with van der Waals surface area (Å²) >= 11 is 1.44. The quantitative estimate of drug-likeness (QED) is 0.738. The number of nitrogens with zero attached hydrogens (tertiary/aromatic N) is 2. The average molecular weight is 429 g/mol. The summed E-state index contributed by atoms with van der Waals surface area (Å²) in [5.41, 5.74) is 1.66. The van der Waals surface area contributed by atoms with E-state index in [-0.39, 0.29) is 23.8 Å². The van der Waals surface area contributed by atoms with Crippen LogP contribution in [0.1, 0.15) is 40.9 Å². The van der Waals surface area contributed by atoms with Crippen molar-refractivity contribution in [2.45, 2.75) is 38.7 Å². The van der Waals surface area contributed by atoms with Gasteiger partial charge in [0.15, 0.2) is 0 Å². The van der Waals surface area contributed by atoms with Gasteiger partial charge in [-0.05, 0) is 61.7 Å². The topological polar surface area (TPSA) is 83.6 Å². The highest BCUT2D eigenvalue weighted by Gasteiger charge is 2.26. The summed E-state index contributed by atoms with van der Waals surface area (Å²) < 4.78 is 5.57. The first-order valence-corrected chi connectivity index (χ1v) is 11.4. The van der Waals surface area contributed by atoms with Crippen LogP contribution in [0.3, 0.4) is 0 Å². The number of thiophene rings is 1. The van der Waals surface area contributed by atoms with Crippen LogP contribution in [-0.4, -0.2) is 49.1 Å². The summed E-state index contributed by atoms with van der Waals surface area (Å²) in [6, 6.07) is 5.74. The van der Waals surface area contributed by atoms with Gasteiger partial charge >= 0.3 is 0 Å². The molecule has 2 aliphatic rings. The van der Waals surface area contributed by atoms with E-state index in [9.17, 15) is 9.59 Å². The number of amides is 2. The fourth-order valence-electron chi connectivity index (χ4n) is 3.98. The Hall–Kier alpha value is -2.45. The first-order chi connectivity index (χ1) is 14.6. The first-order valence-electron chi connectivity index (χ1n) is 10.6. The molecule has 1 unspecified atom stereocenters. The molecule has 2 fully saturated rings. The molecule has 0 saturated carbocycles. The lowest BCUT2D eigenvalue weighted by molar-refractivity contribution is -0.126. The van der Waals surface area contributed by atoms with E-state index in [0.29, 0.717) is 12.2 Å². The van der Waals surface area contributed by atoms with Gasteiger partial charge in [-0.3, -0.25) is 9.59 Å². The van der Waals surface area contributed by atoms with E-state index in [1.54, 1.807) is 6.20 Å². The molecule has 7 nitrogen and oxygen atoms in total. The van der Waals surface area contributed by atoms with Crippen LogP contribution in [0.2, 0.25) is 0 Å². The number of anilines is 2. The lowest BCUT2D eigenvalue weighted by atomic mass is 9.96. The number of hydrogen-bond donors (Lipinski definition) is 2. The van der Waals surface area contributed by atoms with Gasteiger partial charge in [0, 0.05) is 32.2 Å². The van der Waals surface area contributed by atoms with Crippen molar-refractivity contribution < 1.29 is 14.3 Å². The Morgan fingerprint density at radius 1 is 1.23 bits per heavy atom. The second-order valence-corrected chi connectivity index (χ2v) is 8.85. The van der Waals surface area contributed by atoms with Crippen LogP contribution in [0.25, 0.3) is 0 Å². The molecule has 2 aromatic rings. The van der Waals surface area contributed by atoms with Crippen molar-refractivity contribution in [1.29, 1.82) is 0 Å². The number of hydrogen-bond acceptors (Lipinski definition) is 6. The standard InChI is InChI=1S/C22H28N4O3S/c1-15-8-12-30-20(15)22(28)25-17-4-5-19(23-13-17)26-9-6-16(7-10-26)21(27)24-14-18-3-2-11-29-18/h4-5,8,12-13,16,18H,2-3,6-7,9-11,14H2,1H3,(H,24,27)(H,25,28). The Bertz CT molecular complexity index is 869. The lowest BCUT2D eigenvalue weighted by Crippen LogP contribution is -2.42. The van der Waals surface area contributed by atoms with E-state index in [1.165, 1.54) is 11.3 Å². The maximum absolute atomic E-state index is 12.4. The van der Waals surface area contributed by atoms with Gasteiger partial charge in [-0.1, -0.05) is 0 Å². The summed E-state index contributed by atoms with van der Waals surface area (Å²) in [6.07, 6.45) is 5.62. The second kappa shape index (κ2) is 9.57. The summed E-state index contributed by atoms with van der Waals surface area (Å²) in [4.78, 5) is 32.2. The lowest BCUT2D eigenvalue weighted by Gasteiger charge is -2.32. The molecule has 0 aliphatic carbocycles. The van der Waals surface area contributed by atoms with Crippen LogP contribution in [0, 0.1) is 12.8 Å². The molecule has 2 saturated heterocycles. The molecule has 8 heteroatoms. The number of carbonyl (C=O) groups excluding carboxylic acids is 2. The molecule has 2 aromatic heterocycles. The van der Waals surface area contributed by atoms with Crippen molar-refractivity contribution in [3.8, 4) is 0 Å². The molecule has 2 amide bonds. The van der Waals surface area contributed by atoms with Crippen molar-refractivity contribution in [1.82, 2.24) is 10.3 Å². The number of ether oxygens (including phenoxy) is 1. The first kappa shape index (κ1) is 20.8. The average Bonchev–Trinajstić information content (AvgIpc) is 3.44. The van der Waals surface area contributed by atoms with E-state index in [2.05, 4.69) is 20.5 Å². The third-order valence-electron chi connectivity index (χ3n) is 5.79. The fraction of sp³-hybridized carbons (Fsp3) is 0.500. The number of piperidine rings is 1. The van der Waals surface area contributed by atoms with E-state index in [0.717, 1.165) is 61.6 Å². The molecule has 1 atom stereocenters. The normalized spacial score (nSPS) is 19.6. The van der Waals surface area contributed by atoms with Crippen molar-refractivity contribution in [3.05, 3.63) is 40.2 Å². The summed E-state index contributed by atoms with van der Waals surface area (Å²) in [7, 11) is 0. The van der Waals surface area contributed by atoms with Crippen LogP contribution in [0.5, 0.6) is 0 Å². The van der Waals surface area contributed by atoms with E-state index < -0.39 is 0 Å². The number of rotatable bonds is 6. The number of pyridine rings is 1. The molecule has 30 heavy (non-hydrogen) atoms. The zero-order valence-corrected chi connectivity index (χ0v) is 18.0. The van der Waals surface area contributed by atoms with Gasteiger partial charge in [0.05, 0.1) is 22.9 Å². The molecule has 4 rings (SSSR count). The van der Waals surface area contributed by atoms with Gasteiger partial charge in [-0.25, -0.2) is 4.98 Å². The zero-order chi connectivity index (χ0) is 20.9. The molecule has 0 bridgehead atoms. The number of carbonyl (C=O) groups is 2. The predicted molar refractivity (Wildman–Crippen MR) is 118 cm³/mol. The molecule has 2 aliphatic heterocycles. The molecule has 0 aromatic carbocycles. The van der Waals surface area contributed by atoms with Crippen LogP contribution in [-0.2, 0) is 9.53 Å². The van der Waals surface area contributed by atoms with E-state index >= 15 is 0 Å². The summed E-state index contributed by atoms with van der Waals surface area (Å²) in [5, 5.41) is 7.87. The third kappa shape index (κ3) is 4.99. The minimum atomic E-state index is -0.105. The summed E-state index contributed by atoms with van der Waals surface area (Å²) in [6.45, 7) is 4.95. The van der Waals surface area contributed by atoms with Crippen molar-refractivity contribution in [2.24, 2.45) is 5.92 Å². The van der Waals surface area contributed by atoms with Gasteiger partial charge in [-0.2, -0.15) is 0 Å².